The Morgan fingerprint density at radius 2 is 1.91 bits per heavy atom. The Morgan fingerprint density at radius 1 is 1.12 bits per heavy atom. The number of allylic oxidation sites excluding steroid dienone is 2. The lowest BCUT2D eigenvalue weighted by Crippen LogP contribution is -2.21. The molecule has 1 fully saturated rings. The average Bonchev–Trinajstić information content (AvgIpc) is 3.05. The molecule has 4 N–H and O–H groups in total. The average molecular weight is 444 g/mol. The Bertz CT molecular complexity index is 703. The summed E-state index contributed by atoms with van der Waals surface area (Å²) in [5.41, 5.74) is 1.20. The maximum atomic E-state index is 11.4. The number of aryl methyl sites for hydroxylation is 1. The van der Waals surface area contributed by atoms with E-state index < -0.39 is 18.3 Å². The molecule has 1 aliphatic rings. The molecule has 1 aromatic carbocycles. The van der Waals surface area contributed by atoms with Gasteiger partial charge in [-0.25, -0.2) is 0 Å². The summed E-state index contributed by atoms with van der Waals surface area (Å²) in [6.07, 6.45) is 13.3. The van der Waals surface area contributed by atoms with Gasteiger partial charge in [0.25, 0.3) is 0 Å². The second-order valence-corrected chi connectivity index (χ2v) is 8.85. The molecule has 1 amide bonds. The number of aliphatic hydroxyl groups is 3. The molecule has 0 unspecified atom stereocenters. The summed E-state index contributed by atoms with van der Waals surface area (Å²) >= 11 is 0. The Labute approximate surface area is 193 Å². The molecule has 0 saturated heterocycles. The van der Waals surface area contributed by atoms with Crippen molar-refractivity contribution in [1.82, 2.24) is 5.32 Å². The van der Waals surface area contributed by atoms with Crippen LogP contribution in [0.15, 0.2) is 54.6 Å². The van der Waals surface area contributed by atoms with E-state index in [2.05, 4.69) is 29.6 Å². The first kappa shape index (κ1) is 26.3. The molecule has 0 aliphatic heterocycles. The van der Waals surface area contributed by atoms with Crippen molar-refractivity contribution < 1.29 is 20.1 Å². The van der Waals surface area contributed by atoms with Gasteiger partial charge in [-0.15, -0.1) is 0 Å². The van der Waals surface area contributed by atoms with E-state index in [0.717, 1.165) is 32.1 Å². The molecule has 2 rings (SSSR count). The van der Waals surface area contributed by atoms with Crippen LogP contribution >= 0.6 is 0 Å². The predicted molar refractivity (Wildman–Crippen MR) is 129 cm³/mol. The number of nitrogens with one attached hydrogen (secondary N) is 1. The van der Waals surface area contributed by atoms with Crippen LogP contribution < -0.4 is 5.32 Å². The highest BCUT2D eigenvalue weighted by atomic mass is 16.3. The summed E-state index contributed by atoms with van der Waals surface area (Å²) in [6.45, 7) is 2.61. The monoisotopic (exact) mass is 443 g/mol. The molecule has 0 bridgehead atoms. The molecule has 5 heteroatoms. The van der Waals surface area contributed by atoms with E-state index in [0.29, 0.717) is 32.2 Å². The van der Waals surface area contributed by atoms with Crippen LogP contribution in [0, 0.1) is 11.8 Å². The molecule has 0 radical (unpaired) electrons. The van der Waals surface area contributed by atoms with Crippen molar-refractivity contribution in [1.29, 1.82) is 0 Å². The Hall–Kier alpha value is -1.95. The smallest absolute Gasteiger partial charge is 0.219 e. The molecule has 32 heavy (non-hydrogen) atoms. The van der Waals surface area contributed by atoms with Crippen LogP contribution in [0.2, 0.25) is 0 Å². The first-order valence-corrected chi connectivity index (χ1v) is 12.2. The highest BCUT2D eigenvalue weighted by Gasteiger charge is 2.39. The number of aliphatic hydroxyl groups excluding tert-OH is 3. The fraction of sp³-hybridized carbons (Fsp3) is 0.593. The largest absolute Gasteiger partial charge is 0.393 e. The van der Waals surface area contributed by atoms with E-state index in [1.807, 2.05) is 31.2 Å². The Morgan fingerprint density at radius 3 is 2.66 bits per heavy atom. The fourth-order valence-electron chi connectivity index (χ4n) is 4.40. The summed E-state index contributed by atoms with van der Waals surface area (Å²) in [4.78, 5) is 11.4. The highest BCUT2D eigenvalue weighted by Crippen LogP contribution is 2.36. The second kappa shape index (κ2) is 15.0. The van der Waals surface area contributed by atoms with E-state index in [4.69, 9.17) is 0 Å². The molecule has 178 valence electrons. The minimum atomic E-state index is -0.574. The summed E-state index contributed by atoms with van der Waals surface area (Å²) in [6, 6.07) is 10.1. The third kappa shape index (κ3) is 9.68. The lowest BCUT2D eigenvalue weighted by atomic mass is 9.89. The molecule has 5 nitrogen and oxygen atoms in total. The third-order valence-corrected chi connectivity index (χ3v) is 6.27. The molecule has 0 aromatic heterocycles. The minimum absolute atomic E-state index is 0.0310. The van der Waals surface area contributed by atoms with Gasteiger partial charge in [0.15, 0.2) is 0 Å². The van der Waals surface area contributed by atoms with Gasteiger partial charge in [0.1, 0.15) is 0 Å². The van der Waals surface area contributed by atoms with Gasteiger partial charge < -0.3 is 20.6 Å². The van der Waals surface area contributed by atoms with Crippen molar-refractivity contribution in [2.75, 3.05) is 6.54 Å². The van der Waals surface area contributed by atoms with Gasteiger partial charge in [0.05, 0.1) is 18.3 Å². The molecule has 1 aliphatic carbocycles. The van der Waals surface area contributed by atoms with Gasteiger partial charge in [0, 0.05) is 25.3 Å². The van der Waals surface area contributed by atoms with E-state index >= 15 is 0 Å². The van der Waals surface area contributed by atoms with Crippen LogP contribution in [0.5, 0.6) is 0 Å². The molecule has 1 saturated carbocycles. The maximum absolute atomic E-state index is 11.4. The number of hydrogen-bond donors (Lipinski definition) is 4. The lowest BCUT2D eigenvalue weighted by molar-refractivity contribution is -0.121. The van der Waals surface area contributed by atoms with Crippen molar-refractivity contribution >= 4 is 5.91 Å². The normalized spacial score (nSPS) is 24.4. The highest BCUT2D eigenvalue weighted by molar-refractivity contribution is 5.75. The van der Waals surface area contributed by atoms with Crippen LogP contribution in [0.4, 0.5) is 0 Å². The topological polar surface area (TPSA) is 89.8 Å². The van der Waals surface area contributed by atoms with Crippen molar-refractivity contribution in [2.45, 2.75) is 83.0 Å². The van der Waals surface area contributed by atoms with E-state index in [1.54, 1.807) is 6.08 Å². The van der Waals surface area contributed by atoms with Crippen LogP contribution in [-0.4, -0.2) is 46.1 Å². The van der Waals surface area contributed by atoms with Gasteiger partial charge in [-0.1, -0.05) is 61.1 Å². The number of unbranched alkanes of at least 4 members (excludes halogenated alkanes) is 3. The van der Waals surface area contributed by atoms with Gasteiger partial charge in [0.2, 0.25) is 5.91 Å². The third-order valence-electron chi connectivity index (χ3n) is 6.27. The van der Waals surface area contributed by atoms with E-state index in [-0.39, 0.29) is 17.7 Å². The first-order chi connectivity index (χ1) is 15.5. The standard InChI is InChI=1S/C27H41NO4/c1-2-28-27(32)15-11-6-4-3-5-10-14-23-24(26(31)20-25(23)30)19-18-22(29)17-16-21-12-8-7-9-13-21/h5,7-10,12-13,18-19,22-26,29-31H,2-4,6,11,14-17,20H2,1H3,(H,28,32)/t22-,23+,24+,25-,26+/m0/s1. The van der Waals surface area contributed by atoms with Crippen molar-refractivity contribution in [3.8, 4) is 0 Å². The van der Waals surface area contributed by atoms with Crippen LogP contribution in [0.3, 0.4) is 0 Å². The van der Waals surface area contributed by atoms with Gasteiger partial charge in [-0.2, -0.15) is 0 Å². The van der Waals surface area contributed by atoms with Crippen LogP contribution in [0.25, 0.3) is 0 Å². The first-order valence-electron chi connectivity index (χ1n) is 12.2. The van der Waals surface area contributed by atoms with Gasteiger partial charge >= 0.3 is 0 Å². The SMILES string of the molecule is CCNC(=O)CCCCCC=CC[C@@H]1[C@@H](C=C[C@@H](O)CCc2ccccc2)[C@H](O)C[C@@H]1O. The summed E-state index contributed by atoms with van der Waals surface area (Å²) in [5, 5.41) is 33.9. The zero-order valence-electron chi connectivity index (χ0n) is 19.4. The number of amides is 1. The number of carbonyl (C=O) groups excluding carboxylic acids is 1. The van der Waals surface area contributed by atoms with E-state index in [9.17, 15) is 20.1 Å². The Balaban J connectivity index is 1.71. The van der Waals surface area contributed by atoms with Crippen molar-refractivity contribution in [3.05, 3.63) is 60.2 Å². The molecule has 0 heterocycles. The zero-order valence-corrected chi connectivity index (χ0v) is 19.4. The number of hydrogen-bond acceptors (Lipinski definition) is 4. The van der Waals surface area contributed by atoms with Crippen molar-refractivity contribution in [2.24, 2.45) is 11.8 Å². The molecular weight excluding hydrogens is 402 g/mol. The molecular formula is C27H41NO4. The predicted octanol–water partition coefficient (Wildman–Crippen LogP) is 3.93. The second-order valence-electron chi connectivity index (χ2n) is 8.85. The number of benzene rings is 1. The molecule has 5 atom stereocenters. The van der Waals surface area contributed by atoms with Crippen LogP contribution in [0.1, 0.15) is 63.9 Å². The quantitative estimate of drug-likeness (QED) is 0.259. The van der Waals surface area contributed by atoms with Crippen molar-refractivity contribution in [3.63, 3.8) is 0 Å². The Kier molecular flexibility index (Phi) is 12.3. The van der Waals surface area contributed by atoms with Gasteiger partial charge in [-0.05, 0) is 56.9 Å². The summed E-state index contributed by atoms with van der Waals surface area (Å²) in [5.74, 6) is -0.0456. The zero-order chi connectivity index (χ0) is 23.2. The number of rotatable bonds is 14. The molecule has 1 aromatic rings. The summed E-state index contributed by atoms with van der Waals surface area (Å²) < 4.78 is 0. The summed E-state index contributed by atoms with van der Waals surface area (Å²) in [7, 11) is 0. The van der Waals surface area contributed by atoms with E-state index in [1.165, 1.54) is 5.56 Å². The number of carbonyl (C=O) groups is 1. The fourth-order valence-corrected chi connectivity index (χ4v) is 4.40. The maximum Gasteiger partial charge on any atom is 0.219 e. The van der Waals surface area contributed by atoms with Crippen LogP contribution in [-0.2, 0) is 11.2 Å². The molecule has 0 spiro atoms. The van der Waals surface area contributed by atoms with Gasteiger partial charge in [-0.3, -0.25) is 4.79 Å². The minimum Gasteiger partial charge on any atom is -0.393 e. The lowest BCUT2D eigenvalue weighted by Gasteiger charge is -2.19.